The summed E-state index contributed by atoms with van der Waals surface area (Å²) in [6.07, 6.45) is 1.53. The lowest BCUT2D eigenvalue weighted by molar-refractivity contribution is -0.118. The van der Waals surface area contributed by atoms with Crippen LogP contribution >= 0.6 is 0 Å². The van der Waals surface area contributed by atoms with Crippen LogP contribution in [0.2, 0.25) is 0 Å². The largest absolute Gasteiger partial charge is 0.483 e. The van der Waals surface area contributed by atoms with E-state index in [4.69, 9.17) is 13.7 Å². The number of para-hydroxylation sites is 1. The van der Waals surface area contributed by atoms with E-state index in [1.807, 2.05) is 43.3 Å². The standard InChI is InChI=1S/C21H17N3O4/c1-14-6-4-7-15(12-14)22-19(25)13-27-17-9-3-2-8-16(17)20-23-21(28-24-20)18-10-5-11-26-18/h2-12H,13H2,1H3,(H,22,25). The summed E-state index contributed by atoms with van der Waals surface area (Å²) in [5.41, 5.74) is 2.41. The molecule has 0 atom stereocenters. The normalized spacial score (nSPS) is 10.6. The fourth-order valence-electron chi connectivity index (χ4n) is 2.67. The molecule has 0 aliphatic rings. The van der Waals surface area contributed by atoms with E-state index in [-0.39, 0.29) is 18.4 Å². The Morgan fingerprint density at radius 3 is 2.82 bits per heavy atom. The molecule has 0 saturated heterocycles. The molecule has 0 aliphatic heterocycles. The number of anilines is 1. The average molecular weight is 375 g/mol. The number of carbonyl (C=O) groups is 1. The summed E-state index contributed by atoms with van der Waals surface area (Å²) in [4.78, 5) is 16.5. The number of ether oxygens (including phenoxy) is 1. The zero-order valence-corrected chi connectivity index (χ0v) is 15.1. The summed E-state index contributed by atoms with van der Waals surface area (Å²) < 4.78 is 16.2. The first kappa shape index (κ1) is 17.5. The van der Waals surface area contributed by atoms with Crippen molar-refractivity contribution < 1.29 is 18.5 Å². The van der Waals surface area contributed by atoms with E-state index in [0.717, 1.165) is 11.3 Å². The van der Waals surface area contributed by atoms with Crippen molar-refractivity contribution in [2.75, 3.05) is 11.9 Å². The van der Waals surface area contributed by atoms with Gasteiger partial charge in [-0.1, -0.05) is 29.4 Å². The van der Waals surface area contributed by atoms with Gasteiger partial charge in [-0.05, 0) is 48.9 Å². The maximum Gasteiger partial charge on any atom is 0.293 e. The number of hydrogen-bond acceptors (Lipinski definition) is 6. The molecule has 2 aromatic heterocycles. The van der Waals surface area contributed by atoms with E-state index in [2.05, 4.69) is 15.5 Å². The molecular weight excluding hydrogens is 358 g/mol. The molecule has 4 rings (SSSR count). The van der Waals surface area contributed by atoms with Crippen LogP contribution in [0, 0.1) is 6.92 Å². The number of rotatable bonds is 6. The third kappa shape index (κ3) is 3.93. The second kappa shape index (κ2) is 7.79. The predicted molar refractivity (Wildman–Crippen MR) is 103 cm³/mol. The Hall–Kier alpha value is -3.87. The summed E-state index contributed by atoms with van der Waals surface area (Å²) >= 11 is 0. The first-order chi connectivity index (χ1) is 13.7. The van der Waals surface area contributed by atoms with E-state index >= 15 is 0 Å². The smallest absolute Gasteiger partial charge is 0.293 e. The second-order valence-corrected chi connectivity index (χ2v) is 6.10. The average Bonchev–Trinajstić information content (AvgIpc) is 3.38. The highest BCUT2D eigenvalue weighted by atomic mass is 16.5. The number of benzene rings is 2. The zero-order valence-electron chi connectivity index (χ0n) is 15.1. The van der Waals surface area contributed by atoms with Crippen molar-refractivity contribution in [2.45, 2.75) is 6.92 Å². The maximum absolute atomic E-state index is 12.2. The van der Waals surface area contributed by atoms with Crippen LogP contribution in [-0.4, -0.2) is 22.7 Å². The Bertz CT molecular complexity index is 1090. The molecule has 0 spiro atoms. The zero-order chi connectivity index (χ0) is 19.3. The summed E-state index contributed by atoms with van der Waals surface area (Å²) in [5, 5.41) is 6.79. The van der Waals surface area contributed by atoms with Crippen LogP contribution in [0.25, 0.3) is 23.0 Å². The van der Waals surface area contributed by atoms with Gasteiger partial charge in [0.1, 0.15) is 5.75 Å². The van der Waals surface area contributed by atoms with Crippen molar-refractivity contribution in [3.8, 4) is 28.8 Å². The van der Waals surface area contributed by atoms with Gasteiger partial charge < -0.3 is 19.0 Å². The monoisotopic (exact) mass is 375 g/mol. The fraction of sp³-hybridized carbons (Fsp3) is 0.0952. The van der Waals surface area contributed by atoms with E-state index in [9.17, 15) is 4.79 Å². The Balaban J connectivity index is 1.47. The lowest BCUT2D eigenvalue weighted by Gasteiger charge is -2.10. The fourth-order valence-corrected chi connectivity index (χ4v) is 2.67. The topological polar surface area (TPSA) is 90.4 Å². The van der Waals surface area contributed by atoms with Gasteiger partial charge in [-0.2, -0.15) is 4.98 Å². The van der Waals surface area contributed by atoms with Gasteiger partial charge in [-0.15, -0.1) is 0 Å². The number of carbonyl (C=O) groups excluding carboxylic acids is 1. The van der Waals surface area contributed by atoms with Crippen LogP contribution in [0.3, 0.4) is 0 Å². The molecule has 1 N–H and O–H groups in total. The van der Waals surface area contributed by atoms with E-state index in [0.29, 0.717) is 22.9 Å². The number of aryl methyl sites for hydroxylation is 1. The lowest BCUT2D eigenvalue weighted by Crippen LogP contribution is -2.20. The second-order valence-electron chi connectivity index (χ2n) is 6.10. The van der Waals surface area contributed by atoms with Gasteiger partial charge in [-0.25, -0.2) is 0 Å². The number of nitrogens with zero attached hydrogens (tertiary/aromatic N) is 2. The van der Waals surface area contributed by atoms with Crippen LogP contribution < -0.4 is 10.1 Å². The third-order valence-electron chi connectivity index (χ3n) is 3.95. The molecule has 1 amide bonds. The molecule has 0 bridgehead atoms. The Morgan fingerprint density at radius 2 is 2.00 bits per heavy atom. The summed E-state index contributed by atoms with van der Waals surface area (Å²) in [5.74, 6) is 1.32. The summed E-state index contributed by atoms with van der Waals surface area (Å²) in [6, 6.07) is 18.2. The van der Waals surface area contributed by atoms with E-state index < -0.39 is 0 Å². The van der Waals surface area contributed by atoms with Gasteiger partial charge in [-0.3, -0.25) is 4.79 Å². The van der Waals surface area contributed by atoms with Gasteiger partial charge in [0.15, 0.2) is 12.4 Å². The van der Waals surface area contributed by atoms with Crippen LogP contribution in [-0.2, 0) is 4.79 Å². The van der Waals surface area contributed by atoms with Crippen LogP contribution in [0.1, 0.15) is 5.56 Å². The minimum absolute atomic E-state index is 0.145. The lowest BCUT2D eigenvalue weighted by atomic mass is 10.2. The van der Waals surface area contributed by atoms with Crippen molar-refractivity contribution in [3.05, 3.63) is 72.5 Å². The highest BCUT2D eigenvalue weighted by Gasteiger charge is 2.16. The van der Waals surface area contributed by atoms with Gasteiger partial charge >= 0.3 is 0 Å². The SMILES string of the molecule is Cc1cccc(NC(=O)COc2ccccc2-c2noc(-c3ccco3)n2)c1. The summed E-state index contributed by atoms with van der Waals surface area (Å²) in [7, 11) is 0. The highest BCUT2D eigenvalue weighted by Crippen LogP contribution is 2.29. The molecule has 0 fully saturated rings. The first-order valence-corrected chi connectivity index (χ1v) is 8.65. The third-order valence-corrected chi connectivity index (χ3v) is 3.95. The van der Waals surface area contributed by atoms with Gasteiger partial charge in [0.25, 0.3) is 11.8 Å². The number of hydrogen-bond donors (Lipinski definition) is 1. The molecule has 0 radical (unpaired) electrons. The molecule has 0 unspecified atom stereocenters. The van der Waals surface area contributed by atoms with E-state index in [1.165, 1.54) is 6.26 Å². The minimum atomic E-state index is -0.259. The summed E-state index contributed by atoms with van der Waals surface area (Å²) in [6.45, 7) is 1.82. The highest BCUT2D eigenvalue weighted by molar-refractivity contribution is 5.92. The molecule has 7 heteroatoms. The first-order valence-electron chi connectivity index (χ1n) is 8.65. The Kier molecular flexibility index (Phi) is 4.88. The minimum Gasteiger partial charge on any atom is -0.483 e. The number of amides is 1. The molecule has 7 nitrogen and oxygen atoms in total. The van der Waals surface area contributed by atoms with Crippen molar-refractivity contribution >= 4 is 11.6 Å². The number of nitrogens with one attached hydrogen (secondary N) is 1. The molecule has 2 heterocycles. The molecule has 4 aromatic rings. The number of aromatic nitrogens is 2. The van der Waals surface area contributed by atoms with Crippen molar-refractivity contribution in [1.82, 2.24) is 10.1 Å². The Labute approximate surface area is 161 Å². The van der Waals surface area contributed by atoms with Crippen LogP contribution in [0.15, 0.2) is 75.9 Å². The molecule has 140 valence electrons. The molecule has 0 aliphatic carbocycles. The maximum atomic E-state index is 12.2. The quantitative estimate of drug-likeness (QED) is 0.540. The van der Waals surface area contributed by atoms with Crippen LogP contribution in [0.4, 0.5) is 5.69 Å². The molecular formula is C21H17N3O4. The molecule has 2 aromatic carbocycles. The number of furan rings is 1. The van der Waals surface area contributed by atoms with E-state index in [1.54, 1.807) is 24.3 Å². The van der Waals surface area contributed by atoms with Crippen molar-refractivity contribution in [1.29, 1.82) is 0 Å². The predicted octanol–water partition coefficient (Wildman–Crippen LogP) is 4.32. The van der Waals surface area contributed by atoms with Crippen LogP contribution in [0.5, 0.6) is 5.75 Å². The van der Waals surface area contributed by atoms with Crippen molar-refractivity contribution in [2.24, 2.45) is 0 Å². The van der Waals surface area contributed by atoms with Crippen molar-refractivity contribution in [3.63, 3.8) is 0 Å². The Morgan fingerprint density at radius 1 is 1.11 bits per heavy atom. The van der Waals surface area contributed by atoms with Gasteiger partial charge in [0, 0.05) is 5.69 Å². The van der Waals surface area contributed by atoms with Gasteiger partial charge in [0.05, 0.1) is 11.8 Å². The molecule has 28 heavy (non-hydrogen) atoms. The molecule has 0 saturated carbocycles. The van der Waals surface area contributed by atoms with Gasteiger partial charge in [0.2, 0.25) is 5.82 Å².